The van der Waals surface area contributed by atoms with Gasteiger partial charge in [-0.2, -0.15) is 5.10 Å². The van der Waals surface area contributed by atoms with Crippen molar-refractivity contribution in [2.45, 2.75) is 46.6 Å². The number of anilines is 1. The zero-order chi connectivity index (χ0) is 25.0. The largest absolute Gasteiger partial charge is 0.344 e. The van der Waals surface area contributed by atoms with Crippen LogP contribution in [0.25, 0.3) is 27.3 Å². The number of carbonyl (C=O) groups excluding carboxylic acids is 1. The summed E-state index contributed by atoms with van der Waals surface area (Å²) in [5.74, 6) is 0.493. The third-order valence-corrected chi connectivity index (χ3v) is 8.04. The number of likely N-dealkylation sites (N-methyl/N-ethyl adjacent to an activating group) is 1. The summed E-state index contributed by atoms with van der Waals surface area (Å²) in [5.41, 5.74) is 7.76. The zero-order valence-corrected chi connectivity index (χ0v) is 22.4. The smallest absolute Gasteiger partial charge is 0.236 e. The molecule has 9 nitrogen and oxygen atoms in total. The van der Waals surface area contributed by atoms with Gasteiger partial charge in [0, 0.05) is 43.0 Å². The highest BCUT2D eigenvalue weighted by Crippen LogP contribution is 2.41. The van der Waals surface area contributed by atoms with E-state index in [1.54, 1.807) is 17.7 Å². The second kappa shape index (κ2) is 8.91. The number of rotatable bonds is 5. The number of aromatic amines is 1. The van der Waals surface area contributed by atoms with Crippen LogP contribution in [0, 0.1) is 13.8 Å². The van der Waals surface area contributed by atoms with Gasteiger partial charge in [-0.05, 0) is 51.9 Å². The SMILES string of the molecule is Cc1c(-c2[nH]c3sc(N4CCN(C(=O)CN(C)C)CC4C)nc3c2C(C)C)cn2ncnc2c1C. The number of pyridine rings is 1. The molecule has 4 aromatic rings. The van der Waals surface area contributed by atoms with E-state index in [1.807, 2.05) is 28.4 Å². The third-order valence-electron chi connectivity index (χ3n) is 7.03. The molecule has 0 aromatic carbocycles. The number of hydrogen-bond donors (Lipinski definition) is 1. The second-order valence-corrected chi connectivity index (χ2v) is 11.2. The number of nitrogens with one attached hydrogen (secondary N) is 1. The lowest BCUT2D eigenvalue weighted by atomic mass is 9.96. The van der Waals surface area contributed by atoms with Gasteiger partial charge in [0.2, 0.25) is 5.91 Å². The van der Waals surface area contributed by atoms with Gasteiger partial charge in [0.1, 0.15) is 16.7 Å². The normalized spacial score (nSPS) is 17.0. The molecule has 0 spiro atoms. The Kier molecular flexibility index (Phi) is 6.04. The molecule has 1 aliphatic heterocycles. The average molecular weight is 495 g/mol. The van der Waals surface area contributed by atoms with Gasteiger partial charge in [-0.3, -0.25) is 4.79 Å². The number of H-pyrrole nitrogens is 1. The minimum absolute atomic E-state index is 0.189. The van der Waals surface area contributed by atoms with Gasteiger partial charge in [0.15, 0.2) is 10.8 Å². The number of hydrogen-bond acceptors (Lipinski definition) is 7. The van der Waals surface area contributed by atoms with Crippen molar-refractivity contribution in [1.82, 2.24) is 34.4 Å². The molecule has 5 rings (SSSR count). The Morgan fingerprint density at radius 1 is 1.26 bits per heavy atom. The van der Waals surface area contributed by atoms with Gasteiger partial charge in [0.25, 0.3) is 0 Å². The lowest BCUT2D eigenvalue weighted by Crippen LogP contribution is -2.55. The predicted octanol–water partition coefficient (Wildman–Crippen LogP) is 3.67. The molecule has 1 amide bonds. The van der Waals surface area contributed by atoms with Crippen molar-refractivity contribution in [1.29, 1.82) is 0 Å². The second-order valence-electron chi connectivity index (χ2n) is 10.2. The molecule has 0 bridgehead atoms. The Morgan fingerprint density at radius 3 is 2.71 bits per heavy atom. The molecule has 1 aliphatic rings. The van der Waals surface area contributed by atoms with Crippen LogP contribution >= 0.6 is 11.3 Å². The van der Waals surface area contributed by atoms with Crippen LogP contribution in [0.5, 0.6) is 0 Å². The molecule has 1 unspecified atom stereocenters. The maximum Gasteiger partial charge on any atom is 0.236 e. The molecular formula is C25H34N8OS. The Hall–Kier alpha value is -2.98. The van der Waals surface area contributed by atoms with Crippen LogP contribution in [0.15, 0.2) is 12.5 Å². The molecule has 35 heavy (non-hydrogen) atoms. The first kappa shape index (κ1) is 23.7. The maximum absolute atomic E-state index is 12.5. The van der Waals surface area contributed by atoms with Gasteiger partial charge >= 0.3 is 0 Å². The summed E-state index contributed by atoms with van der Waals surface area (Å²) < 4.78 is 1.86. The van der Waals surface area contributed by atoms with Crippen LogP contribution < -0.4 is 4.90 Å². The summed E-state index contributed by atoms with van der Waals surface area (Å²) in [7, 11) is 3.87. The Labute approximate surface area is 209 Å². The van der Waals surface area contributed by atoms with Crippen molar-refractivity contribution in [2.75, 3.05) is 45.2 Å². The van der Waals surface area contributed by atoms with Gasteiger partial charge in [-0.1, -0.05) is 25.2 Å². The topological polar surface area (TPSA) is 85.7 Å². The quantitative estimate of drug-likeness (QED) is 0.456. The van der Waals surface area contributed by atoms with E-state index >= 15 is 0 Å². The average Bonchev–Trinajstić information content (AvgIpc) is 3.49. The van der Waals surface area contributed by atoms with Crippen molar-refractivity contribution >= 4 is 38.4 Å². The number of aryl methyl sites for hydroxylation is 1. The van der Waals surface area contributed by atoms with Crippen LogP contribution in [0.1, 0.15) is 43.4 Å². The fourth-order valence-electron chi connectivity index (χ4n) is 5.07. The monoisotopic (exact) mass is 494 g/mol. The first-order chi connectivity index (χ1) is 16.7. The third kappa shape index (κ3) is 4.08. The van der Waals surface area contributed by atoms with E-state index in [0.717, 1.165) is 57.6 Å². The van der Waals surface area contributed by atoms with Crippen molar-refractivity contribution in [3.8, 4) is 11.3 Å². The zero-order valence-electron chi connectivity index (χ0n) is 21.6. The minimum Gasteiger partial charge on any atom is -0.344 e. The van der Waals surface area contributed by atoms with E-state index < -0.39 is 0 Å². The molecule has 1 atom stereocenters. The Bertz CT molecular complexity index is 1400. The molecule has 1 fully saturated rings. The number of fused-ring (bicyclic) bond motifs is 2. The molecule has 0 saturated carbocycles. The standard InChI is InChI=1S/C25H34N8OS/c1-14(2)20-21(18-11-33-23(26-13-27-33)17(5)16(18)4)28-24-22(20)29-25(35-24)32-9-8-31(10-15(32)3)19(34)12-30(6)7/h11,13-15,28H,8-10,12H2,1-7H3. The summed E-state index contributed by atoms with van der Waals surface area (Å²) in [6.07, 6.45) is 3.67. The summed E-state index contributed by atoms with van der Waals surface area (Å²) in [6.45, 7) is 13.6. The highest BCUT2D eigenvalue weighted by Gasteiger charge is 2.30. The van der Waals surface area contributed by atoms with Crippen molar-refractivity contribution in [3.05, 3.63) is 29.2 Å². The van der Waals surface area contributed by atoms with E-state index in [1.165, 1.54) is 11.1 Å². The fourth-order valence-corrected chi connectivity index (χ4v) is 6.18. The highest BCUT2D eigenvalue weighted by molar-refractivity contribution is 7.21. The van der Waals surface area contributed by atoms with Gasteiger partial charge < -0.3 is 19.7 Å². The van der Waals surface area contributed by atoms with E-state index in [2.05, 4.69) is 60.8 Å². The first-order valence-electron chi connectivity index (χ1n) is 12.2. The summed E-state index contributed by atoms with van der Waals surface area (Å²) >= 11 is 1.70. The highest BCUT2D eigenvalue weighted by atomic mass is 32.1. The molecule has 1 N–H and O–H groups in total. The fraction of sp³-hybridized carbons (Fsp3) is 0.520. The molecule has 5 heterocycles. The number of carbonyl (C=O) groups is 1. The summed E-state index contributed by atoms with van der Waals surface area (Å²) in [6, 6.07) is 0.215. The van der Waals surface area contributed by atoms with E-state index in [0.29, 0.717) is 12.5 Å². The lowest BCUT2D eigenvalue weighted by Gasteiger charge is -2.40. The Balaban J connectivity index is 1.49. The molecule has 10 heteroatoms. The number of amides is 1. The number of nitrogens with zero attached hydrogens (tertiary/aromatic N) is 7. The molecule has 0 aliphatic carbocycles. The maximum atomic E-state index is 12.5. The number of aromatic nitrogens is 5. The molecule has 0 radical (unpaired) electrons. The van der Waals surface area contributed by atoms with Gasteiger partial charge in [-0.25, -0.2) is 14.5 Å². The van der Waals surface area contributed by atoms with E-state index in [9.17, 15) is 4.79 Å². The molecular weight excluding hydrogens is 460 g/mol. The molecule has 1 saturated heterocycles. The molecule has 4 aromatic heterocycles. The summed E-state index contributed by atoms with van der Waals surface area (Å²) in [5, 5.41) is 5.40. The van der Waals surface area contributed by atoms with Crippen LogP contribution in [-0.2, 0) is 4.79 Å². The molecule has 186 valence electrons. The van der Waals surface area contributed by atoms with Gasteiger partial charge in [-0.15, -0.1) is 0 Å². The van der Waals surface area contributed by atoms with E-state index in [-0.39, 0.29) is 11.9 Å². The Morgan fingerprint density at radius 2 is 2.03 bits per heavy atom. The van der Waals surface area contributed by atoms with Crippen LogP contribution in [-0.4, -0.2) is 86.6 Å². The van der Waals surface area contributed by atoms with Crippen LogP contribution in [0.2, 0.25) is 0 Å². The summed E-state index contributed by atoms with van der Waals surface area (Å²) in [4.78, 5) is 33.1. The predicted molar refractivity (Wildman–Crippen MR) is 141 cm³/mol. The van der Waals surface area contributed by atoms with Gasteiger partial charge in [0.05, 0.1) is 12.2 Å². The van der Waals surface area contributed by atoms with Crippen molar-refractivity contribution < 1.29 is 4.79 Å². The van der Waals surface area contributed by atoms with Crippen LogP contribution in [0.4, 0.5) is 5.13 Å². The number of thiazole rings is 1. The van der Waals surface area contributed by atoms with E-state index in [4.69, 9.17) is 4.98 Å². The van der Waals surface area contributed by atoms with Crippen molar-refractivity contribution in [3.63, 3.8) is 0 Å². The first-order valence-corrected chi connectivity index (χ1v) is 13.0. The number of piperazine rings is 1. The minimum atomic E-state index is 0.189. The lowest BCUT2D eigenvalue weighted by molar-refractivity contribution is -0.132. The van der Waals surface area contributed by atoms with Crippen LogP contribution in [0.3, 0.4) is 0 Å². The van der Waals surface area contributed by atoms with Crippen molar-refractivity contribution in [2.24, 2.45) is 0 Å².